The highest BCUT2D eigenvalue weighted by Gasteiger charge is 2.26. The van der Waals surface area contributed by atoms with Gasteiger partial charge in [-0.15, -0.1) is 0 Å². The van der Waals surface area contributed by atoms with Crippen LogP contribution in [0.1, 0.15) is 24.0 Å². The monoisotopic (exact) mass is 386 g/mol. The van der Waals surface area contributed by atoms with Crippen molar-refractivity contribution in [2.24, 2.45) is 5.92 Å². The van der Waals surface area contributed by atoms with Gasteiger partial charge in [0.1, 0.15) is 12.1 Å². The molecule has 0 unspecified atom stereocenters. The number of hydrogen-bond donors (Lipinski definition) is 1. The van der Waals surface area contributed by atoms with Crippen molar-refractivity contribution < 1.29 is 4.79 Å². The fraction of sp³-hybridized carbons (Fsp3) is 0.292. The van der Waals surface area contributed by atoms with Crippen LogP contribution in [0, 0.1) is 19.8 Å². The molecule has 1 aliphatic heterocycles. The van der Waals surface area contributed by atoms with Crippen LogP contribution in [0.5, 0.6) is 0 Å². The molecule has 1 N–H and O–H groups in total. The highest BCUT2D eigenvalue weighted by Crippen LogP contribution is 2.26. The molecule has 1 saturated heterocycles. The van der Waals surface area contributed by atoms with Crippen molar-refractivity contribution in [2.75, 3.05) is 23.3 Å². The molecule has 2 heterocycles. The zero-order valence-electron chi connectivity index (χ0n) is 16.9. The second-order valence-electron chi connectivity index (χ2n) is 7.63. The minimum atomic E-state index is 0.0293. The summed E-state index contributed by atoms with van der Waals surface area (Å²) in [5, 5.41) is 3.12. The van der Waals surface area contributed by atoms with Gasteiger partial charge in [-0.2, -0.15) is 0 Å². The molecule has 0 aliphatic carbocycles. The van der Waals surface area contributed by atoms with Crippen molar-refractivity contribution >= 4 is 17.4 Å². The molecular formula is C24H26N4O. The highest BCUT2D eigenvalue weighted by molar-refractivity contribution is 5.93. The normalized spacial score (nSPS) is 14.6. The lowest BCUT2D eigenvalue weighted by Crippen LogP contribution is -2.38. The Labute approximate surface area is 171 Å². The Morgan fingerprint density at radius 3 is 2.52 bits per heavy atom. The number of piperidine rings is 1. The number of amides is 1. The van der Waals surface area contributed by atoms with Gasteiger partial charge in [0.2, 0.25) is 5.91 Å². The summed E-state index contributed by atoms with van der Waals surface area (Å²) >= 11 is 0. The third kappa shape index (κ3) is 4.29. The molecule has 1 fully saturated rings. The van der Waals surface area contributed by atoms with Crippen molar-refractivity contribution in [3.05, 3.63) is 72.1 Å². The topological polar surface area (TPSA) is 58.1 Å². The number of benzene rings is 2. The average molecular weight is 386 g/mol. The zero-order chi connectivity index (χ0) is 20.2. The van der Waals surface area contributed by atoms with E-state index in [-0.39, 0.29) is 11.8 Å². The molecule has 5 heteroatoms. The smallest absolute Gasteiger partial charge is 0.227 e. The van der Waals surface area contributed by atoms with Crippen LogP contribution in [0.15, 0.2) is 60.9 Å². The maximum absolute atomic E-state index is 12.8. The number of anilines is 2. The number of rotatable bonds is 4. The van der Waals surface area contributed by atoms with Crippen molar-refractivity contribution in [3.8, 4) is 11.3 Å². The summed E-state index contributed by atoms with van der Waals surface area (Å²) in [4.78, 5) is 23.9. The number of aryl methyl sites for hydroxylation is 1. The molecule has 0 spiro atoms. The fourth-order valence-corrected chi connectivity index (χ4v) is 3.78. The van der Waals surface area contributed by atoms with Crippen LogP contribution in [0.25, 0.3) is 11.3 Å². The van der Waals surface area contributed by atoms with Crippen molar-refractivity contribution in [1.82, 2.24) is 9.97 Å². The van der Waals surface area contributed by atoms with Crippen LogP contribution >= 0.6 is 0 Å². The molecule has 0 saturated carbocycles. The summed E-state index contributed by atoms with van der Waals surface area (Å²) in [5.41, 5.74) is 5.24. The fourth-order valence-electron chi connectivity index (χ4n) is 3.78. The molecular weight excluding hydrogens is 360 g/mol. The van der Waals surface area contributed by atoms with Gasteiger partial charge in [0.05, 0.1) is 5.69 Å². The summed E-state index contributed by atoms with van der Waals surface area (Å²) in [7, 11) is 0. The molecule has 0 atom stereocenters. The van der Waals surface area contributed by atoms with Crippen molar-refractivity contribution in [1.29, 1.82) is 0 Å². The molecule has 148 valence electrons. The van der Waals surface area contributed by atoms with E-state index >= 15 is 0 Å². The summed E-state index contributed by atoms with van der Waals surface area (Å²) in [6, 6.07) is 18.2. The first kappa shape index (κ1) is 19.1. The third-order valence-corrected chi connectivity index (χ3v) is 5.77. The van der Waals surface area contributed by atoms with E-state index in [1.165, 1.54) is 5.56 Å². The van der Waals surface area contributed by atoms with Crippen LogP contribution in [0.3, 0.4) is 0 Å². The predicted octanol–water partition coefficient (Wildman–Crippen LogP) is 4.62. The largest absolute Gasteiger partial charge is 0.356 e. The Balaban J connectivity index is 1.39. The Hall–Kier alpha value is -3.21. The van der Waals surface area contributed by atoms with Crippen LogP contribution in [-0.4, -0.2) is 29.0 Å². The quantitative estimate of drug-likeness (QED) is 0.711. The Bertz CT molecular complexity index is 995. The second-order valence-corrected chi connectivity index (χ2v) is 7.63. The Morgan fingerprint density at radius 2 is 1.76 bits per heavy atom. The maximum Gasteiger partial charge on any atom is 0.227 e. The number of carbonyl (C=O) groups is 1. The lowest BCUT2D eigenvalue weighted by Gasteiger charge is -2.32. The Morgan fingerprint density at radius 1 is 1.00 bits per heavy atom. The summed E-state index contributed by atoms with van der Waals surface area (Å²) in [5.74, 6) is 1.07. The molecule has 4 rings (SSSR count). The van der Waals surface area contributed by atoms with Crippen LogP contribution in [0.4, 0.5) is 11.5 Å². The van der Waals surface area contributed by atoms with Gasteiger partial charge in [0.25, 0.3) is 0 Å². The van der Waals surface area contributed by atoms with E-state index in [1.807, 2.05) is 43.3 Å². The maximum atomic E-state index is 12.8. The van der Waals surface area contributed by atoms with Crippen LogP contribution in [-0.2, 0) is 4.79 Å². The first-order chi connectivity index (χ1) is 14.1. The molecule has 0 bridgehead atoms. The van der Waals surface area contributed by atoms with Crippen LogP contribution < -0.4 is 10.2 Å². The van der Waals surface area contributed by atoms with Gasteiger partial charge < -0.3 is 10.2 Å². The van der Waals surface area contributed by atoms with Crippen molar-refractivity contribution in [3.63, 3.8) is 0 Å². The summed E-state index contributed by atoms with van der Waals surface area (Å²) in [6.07, 6.45) is 3.26. The van der Waals surface area contributed by atoms with Gasteiger partial charge in [-0.3, -0.25) is 4.79 Å². The van der Waals surface area contributed by atoms with Crippen molar-refractivity contribution in [2.45, 2.75) is 26.7 Å². The van der Waals surface area contributed by atoms with E-state index in [0.717, 1.165) is 54.3 Å². The van der Waals surface area contributed by atoms with E-state index < -0.39 is 0 Å². The number of hydrogen-bond acceptors (Lipinski definition) is 4. The molecule has 1 amide bonds. The van der Waals surface area contributed by atoms with Gasteiger partial charge in [0, 0.05) is 36.3 Å². The lowest BCUT2D eigenvalue weighted by atomic mass is 9.95. The van der Waals surface area contributed by atoms with Crippen LogP contribution in [0.2, 0.25) is 0 Å². The molecule has 0 radical (unpaired) electrons. The minimum Gasteiger partial charge on any atom is -0.356 e. The molecule has 2 aromatic carbocycles. The zero-order valence-corrected chi connectivity index (χ0v) is 16.9. The molecule has 1 aromatic heterocycles. The lowest BCUT2D eigenvalue weighted by molar-refractivity contribution is -0.120. The second kappa shape index (κ2) is 8.43. The van der Waals surface area contributed by atoms with Gasteiger partial charge in [0.15, 0.2) is 0 Å². The Kier molecular flexibility index (Phi) is 5.56. The molecule has 5 nitrogen and oxygen atoms in total. The molecule has 29 heavy (non-hydrogen) atoms. The van der Waals surface area contributed by atoms with Gasteiger partial charge in [-0.25, -0.2) is 9.97 Å². The molecule has 3 aromatic rings. The van der Waals surface area contributed by atoms with E-state index in [0.29, 0.717) is 0 Å². The predicted molar refractivity (Wildman–Crippen MR) is 117 cm³/mol. The average Bonchev–Trinajstić information content (AvgIpc) is 2.78. The van der Waals surface area contributed by atoms with Gasteiger partial charge >= 0.3 is 0 Å². The third-order valence-electron chi connectivity index (χ3n) is 5.77. The number of carbonyl (C=O) groups excluding carboxylic acids is 1. The van der Waals surface area contributed by atoms with Gasteiger partial charge in [-0.1, -0.05) is 42.5 Å². The van der Waals surface area contributed by atoms with E-state index in [9.17, 15) is 4.79 Å². The van der Waals surface area contributed by atoms with E-state index in [1.54, 1.807) is 6.33 Å². The number of aromatic nitrogens is 2. The standard InChI is InChI=1S/C24H26N4O/c1-17-7-6-10-21(18(17)2)27-24(29)20-11-13-28(14-12-20)23-15-22(25-16-26-23)19-8-4-3-5-9-19/h3-10,15-16,20H,11-14H2,1-2H3,(H,27,29). The summed E-state index contributed by atoms with van der Waals surface area (Å²) in [6.45, 7) is 5.74. The first-order valence-electron chi connectivity index (χ1n) is 10.1. The molecule has 1 aliphatic rings. The summed E-state index contributed by atoms with van der Waals surface area (Å²) < 4.78 is 0. The van der Waals surface area contributed by atoms with E-state index in [2.05, 4.69) is 45.3 Å². The number of nitrogens with one attached hydrogen (secondary N) is 1. The minimum absolute atomic E-state index is 0.0293. The first-order valence-corrected chi connectivity index (χ1v) is 10.1. The highest BCUT2D eigenvalue weighted by atomic mass is 16.1. The SMILES string of the molecule is Cc1cccc(NC(=O)C2CCN(c3cc(-c4ccccc4)ncn3)CC2)c1C. The van der Waals surface area contributed by atoms with E-state index in [4.69, 9.17) is 0 Å². The van der Waals surface area contributed by atoms with Gasteiger partial charge in [-0.05, 0) is 43.9 Å². The number of nitrogens with zero attached hydrogens (tertiary/aromatic N) is 3.